The second-order valence-corrected chi connectivity index (χ2v) is 7.18. The van der Waals surface area contributed by atoms with Crippen LogP contribution in [0.3, 0.4) is 0 Å². The lowest BCUT2D eigenvalue weighted by Gasteiger charge is -2.31. The maximum absolute atomic E-state index is 12.9. The topological polar surface area (TPSA) is 60.9 Å². The molecule has 128 valence electrons. The van der Waals surface area contributed by atoms with E-state index in [2.05, 4.69) is 11.4 Å². The highest BCUT2D eigenvalue weighted by Gasteiger charge is 2.38. The molecule has 0 bridgehead atoms. The first-order valence-corrected chi connectivity index (χ1v) is 8.76. The average Bonchev–Trinajstić information content (AvgIpc) is 3.24. The lowest BCUT2D eigenvalue weighted by atomic mass is 10.1. The molecule has 0 radical (unpaired) electrons. The molecule has 3 atom stereocenters. The molecule has 23 heavy (non-hydrogen) atoms. The van der Waals surface area contributed by atoms with Gasteiger partial charge in [-0.1, -0.05) is 6.07 Å². The standard InChI is InChI=1S/C16H22N2O3S.ClH/c1-11(17-8-6-12(10-17)16(20)21)15(19)18-7-2-4-13(18)14-5-3-9-22-14;/h3,5,9,11-13H,2,4,6-8,10H2,1H3,(H,20,21);1H. The summed E-state index contributed by atoms with van der Waals surface area (Å²) in [5.74, 6) is -0.941. The second-order valence-electron chi connectivity index (χ2n) is 6.20. The van der Waals surface area contributed by atoms with Gasteiger partial charge in [-0.2, -0.15) is 0 Å². The van der Waals surface area contributed by atoms with E-state index >= 15 is 0 Å². The Bertz CT molecular complexity index is 552. The lowest BCUT2D eigenvalue weighted by Crippen LogP contribution is -2.46. The third kappa shape index (κ3) is 3.70. The van der Waals surface area contributed by atoms with Crippen LogP contribution in [0.4, 0.5) is 0 Å². The zero-order valence-electron chi connectivity index (χ0n) is 13.2. The van der Waals surface area contributed by atoms with Gasteiger partial charge in [0, 0.05) is 18.0 Å². The number of carbonyl (C=O) groups excluding carboxylic acids is 1. The number of thiophene rings is 1. The number of halogens is 1. The number of likely N-dealkylation sites (tertiary alicyclic amines) is 2. The summed E-state index contributed by atoms with van der Waals surface area (Å²) in [5, 5.41) is 11.2. The normalized spacial score (nSPS) is 26.0. The molecule has 3 unspecified atom stereocenters. The number of hydrogen-bond acceptors (Lipinski definition) is 4. The van der Waals surface area contributed by atoms with Crippen LogP contribution in [0.25, 0.3) is 0 Å². The van der Waals surface area contributed by atoms with Crippen molar-refractivity contribution in [3.63, 3.8) is 0 Å². The van der Waals surface area contributed by atoms with Gasteiger partial charge >= 0.3 is 5.97 Å². The number of hydrogen-bond donors (Lipinski definition) is 1. The molecule has 2 aliphatic heterocycles. The van der Waals surface area contributed by atoms with E-state index in [4.69, 9.17) is 5.11 Å². The van der Waals surface area contributed by atoms with E-state index in [1.165, 1.54) is 4.88 Å². The van der Waals surface area contributed by atoms with Crippen molar-refractivity contribution in [2.45, 2.75) is 38.3 Å². The van der Waals surface area contributed by atoms with E-state index in [1.807, 2.05) is 22.8 Å². The van der Waals surface area contributed by atoms with Gasteiger partial charge < -0.3 is 10.0 Å². The first-order valence-electron chi connectivity index (χ1n) is 7.88. The van der Waals surface area contributed by atoms with Crippen LogP contribution in [-0.4, -0.2) is 52.5 Å². The molecular formula is C16H23ClN2O3S. The van der Waals surface area contributed by atoms with Gasteiger partial charge in [0.1, 0.15) is 0 Å². The van der Waals surface area contributed by atoms with Crippen LogP contribution in [-0.2, 0) is 9.59 Å². The Morgan fingerprint density at radius 2 is 2.13 bits per heavy atom. The molecule has 0 spiro atoms. The maximum Gasteiger partial charge on any atom is 0.307 e. The van der Waals surface area contributed by atoms with E-state index in [0.29, 0.717) is 19.5 Å². The third-order valence-electron chi connectivity index (χ3n) is 4.88. The number of carboxylic acid groups (broad SMARTS) is 1. The summed E-state index contributed by atoms with van der Waals surface area (Å²) < 4.78 is 0. The van der Waals surface area contributed by atoms with Crippen molar-refractivity contribution < 1.29 is 14.7 Å². The third-order valence-corrected chi connectivity index (χ3v) is 5.86. The van der Waals surface area contributed by atoms with Crippen molar-refractivity contribution in [1.82, 2.24) is 9.80 Å². The van der Waals surface area contributed by atoms with Crippen molar-refractivity contribution in [3.8, 4) is 0 Å². The maximum atomic E-state index is 12.9. The van der Waals surface area contributed by atoms with E-state index in [0.717, 1.165) is 19.4 Å². The molecule has 0 saturated carbocycles. The lowest BCUT2D eigenvalue weighted by molar-refractivity contribution is -0.142. The van der Waals surface area contributed by atoms with Gasteiger partial charge in [-0.05, 0) is 44.2 Å². The van der Waals surface area contributed by atoms with Gasteiger partial charge in [0.15, 0.2) is 0 Å². The van der Waals surface area contributed by atoms with Gasteiger partial charge in [-0.15, -0.1) is 23.7 Å². The van der Waals surface area contributed by atoms with Crippen LogP contribution in [0.15, 0.2) is 17.5 Å². The fourth-order valence-corrected chi connectivity index (χ4v) is 4.42. The summed E-state index contributed by atoms with van der Waals surface area (Å²) in [5.41, 5.74) is 0. The van der Waals surface area contributed by atoms with E-state index in [9.17, 15) is 9.59 Å². The number of aliphatic carboxylic acids is 1. The van der Waals surface area contributed by atoms with Crippen LogP contribution in [0.5, 0.6) is 0 Å². The molecule has 1 N–H and O–H groups in total. The first-order chi connectivity index (χ1) is 10.6. The van der Waals surface area contributed by atoms with Crippen molar-refractivity contribution in [3.05, 3.63) is 22.4 Å². The van der Waals surface area contributed by atoms with Crippen molar-refractivity contribution in [2.24, 2.45) is 5.92 Å². The minimum atomic E-state index is -0.750. The van der Waals surface area contributed by atoms with Gasteiger partial charge in [0.25, 0.3) is 0 Å². The number of carbonyl (C=O) groups is 2. The smallest absolute Gasteiger partial charge is 0.307 e. The van der Waals surface area contributed by atoms with Crippen molar-refractivity contribution in [2.75, 3.05) is 19.6 Å². The second kappa shape index (κ2) is 7.64. The fraction of sp³-hybridized carbons (Fsp3) is 0.625. The van der Waals surface area contributed by atoms with Crippen molar-refractivity contribution >= 4 is 35.6 Å². The Hall–Kier alpha value is -1.11. The predicted molar refractivity (Wildman–Crippen MR) is 92.0 cm³/mol. The zero-order valence-corrected chi connectivity index (χ0v) is 14.8. The minimum Gasteiger partial charge on any atom is -0.481 e. The predicted octanol–water partition coefficient (Wildman–Crippen LogP) is 2.63. The highest BCUT2D eigenvalue weighted by Crippen LogP contribution is 2.35. The molecule has 2 aliphatic rings. The van der Waals surface area contributed by atoms with Crippen LogP contribution >= 0.6 is 23.7 Å². The number of amides is 1. The number of carboxylic acids is 1. The highest BCUT2D eigenvalue weighted by atomic mass is 35.5. The molecule has 0 aromatic carbocycles. The molecule has 0 aliphatic carbocycles. The summed E-state index contributed by atoms with van der Waals surface area (Å²) in [7, 11) is 0. The molecule has 7 heteroatoms. The molecule has 2 saturated heterocycles. The quantitative estimate of drug-likeness (QED) is 0.898. The summed E-state index contributed by atoms with van der Waals surface area (Å²) in [6.07, 6.45) is 2.71. The molecule has 1 aromatic rings. The molecule has 1 amide bonds. The summed E-state index contributed by atoms with van der Waals surface area (Å²) in [6.45, 7) is 3.90. The first kappa shape index (κ1) is 18.2. The summed E-state index contributed by atoms with van der Waals surface area (Å²) in [4.78, 5) is 29.2. The Morgan fingerprint density at radius 3 is 2.74 bits per heavy atom. The number of nitrogens with zero attached hydrogens (tertiary/aromatic N) is 2. The molecule has 2 fully saturated rings. The molecule has 1 aromatic heterocycles. The summed E-state index contributed by atoms with van der Waals surface area (Å²) >= 11 is 1.70. The molecule has 3 heterocycles. The Morgan fingerprint density at radius 1 is 1.35 bits per heavy atom. The Labute approximate surface area is 146 Å². The molecular weight excluding hydrogens is 336 g/mol. The fourth-order valence-electron chi connectivity index (χ4n) is 3.54. The van der Waals surface area contributed by atoms with Crippen LogP contribution in [0.2, 0.25) is 0 Å². The number of rotatable bonds is 4. The van der Waals surface area contributed by atoms with Crippen molar-refractivity contribution in [1.29, 1.82) is 0 Å². The average molecular weight is 359 g/mol. The Kier molecular flexibility index (Phi) is 6.06. The highest BCUT2D eigenvalue weighted by molar-refractivity contribution is 7.10. The van der Waals surface area contributed by atoms with Crippen LogP contribution in [0.1, 0.15) is 37.1 Å². The minimum absolute atomic E-state index is 0. The SMILES string of the molecule is CC(C(=O)N1CCCC1c1cccs1)N1CCC(C(=O)O)C1.Cl. The molecule has 3 rings (SSSR count). The van der Waals surface area contributed by atoms with Gasteiger partial charge in [0.2, 0.25) is 5.91 Å². The van der Waals surface area contributed by atoms with Crippen LogP contribution in [0, 0.1) is 5.92 Å². The Balaban J connectivity index is 0.00000192. The van der Waals surface area contributed by atoms with E-state index in [-0.39, 0.29) is 36.3 Å². The largest absolute Gasteiger partial charge is 0.481 e. The van der Waals surface area contributed by atoms with Crippen LogP contribution < -0.4 is 0 Å². The van der Waals surface area contributed by atoms with E-state index < -0.39 is 5.97 Å². The van der Waals surface area contributed by atoms with Gasteiger partial charge in [0.05, 0.1) is 18.0 Å². The van der Waals surface area contributed by atoms with E-state index in [1.54, 1.807) is 11.3 Å². The monoisotopic (exact) mass is 358 g/mol. The summed E-state index contributed by atoms with van der Waals surface area (Å²) in [6, 6.07) is 4.10. The molecule has 5 nitrogen and oxygen atoms in total. The van der Waals surface area contributed by atoms with Gasteiger partial charge in [-0.25, -0.2) is 0 Å². The van der Waals surface area contributed by atoms with Gasteiger partial charge in [-0.3, -0.25) is 14.5 Å². The zero-order chi connectivity index (χ0) is 15.7.